The Balaban J connectivity index is 1.95. The van der Waals surface area contributed by atoms with Gasteiger partial charge in [-0.1, -0.05) is 33.1 Å². The van der Waals surface area contributed by atoms with Crippen molar-refractivity contribution in [1.82, 2.24) is 15.1 Å². The van der Waals surface area contributed by atoms with E-state index in [1.165, 1.54) is 71.2 Å². The fraction of sp³-hybridized carbons (Fsp3) is 1.00. The second-order valence-corrected chi connectivity index (χ2v) is 5.90. The summed E-state index contributed by atoms with van der Waals surface area (Å²) in [6, 6.07) is 0.865. The third-order valence-corrected chi connectivity index (χ3v) is 4.56. The minimum atomic E-state index is 0.865. The van der Waals surface area contributed by atoms with Gasteiger partial charge in [-0.05, 0) is 52.5 Å². The number of nitrogens with zero attached hydrogens (tertiary/aromatic N) is 2. The molecule has 0 amide bonds. The highest BCUT2D eigenvalue weighted by molar-refractivity contribution is 4.73. The highest BCUT2D eigenvalue weighted by atomic mass is 15.1. The third-order valence-electron chi connectivity index (χ3n) is 4.56. The van der Waals surface area contributed by atoms with Gasteiger partial charge in [0.05, 0.1) is 0 Å². The van der Waals surface area contributed by atoms with Crippen molar-refractivity contribution in [3.05, 3.63) is 0 Å². The molecule has 3 nitrogen and oxygen atoms in total. The minimum Gasteiger partial charge on any atom is -0.315 e. The zero-order chi connectivity index (χ0) is 13.9. The summed E-state index contributed by atoms with van der Waals surface area (Å²) in [5.74, 6) is 0. The van der Waals surface area contributed by atoms with E-state index in [2.05, 4.69) is 36.0 Å². The topological polar surface area (TPSA) is 18.5 Å². The lowest BCUT2D eigenvalue weighted by Gasteiger charge is -2.31. The Kier molecular flexibility index (Phi) is 9.48. The molecule has 1 fully saturated rings. The van der Waals surface area contributed by atoms with E-state index < -0.39 is 0 Å². The Labute approximate surface area is 120 Å². The standard InChI is InChI=1S/C16H35N3/c1-4-19(5-2)15-13-17-12-9-14-18(3)16-10-7-6-8-11-16/h16-17H,4-15H2,1-3H3. The van der Waals surface area contributed by atoms with Crippen molar-refractivity contribution in [3.63, 3.8) is 0 Å². The molecule has 0 aromatic carbocycles. The molecule has 3 heteroatoms. The van der Waals surface area contributed by atoms with Gasteiger partial charge in [0.2, 0.25) is 0 Å². The van der Waals surface area contributed by atoms with Crippen molar-refractivity contribution in [3.8, 4) is 0 Å². The van der Waals surface area contributed by atoms with Gasteiger partial charge in [0, 0.05) is 19.1 Å². The van der Waals surface area contributed by atoms with E-state index in [9.17, 15) is 0 Å². The zero-order valence-corrected chi connectivity index (χ0v) is 13.5. The van der Waals surface area contributed by atoms with E-state index in [1.807, 2.05) is 0 Å². The molecular weight excluding hydrogens is 234 g/mol. The van der Waals surface area contributed by atoms with Crippen LogP contribution in [0.4, 0.5) is 0 Å². The van der Waals surface area contributed by atoms with E-state index in [0.717, 1.165) is 12.6 Å². The average molecular weight is 269 g/mol. The first kappa shape index (κ1) is 16.9. The number of hydrogen-bond donors (Lipinski definition) is 1. The molecule has 0 saturated heterocycles. The predicted molar refractivity (Wildman–Crippen MR) is 84.8 cm³/mol. The normalized spacial score (nSPS) is 17.5. The van der Waals surface area contributed by atoms with E-state index in [1.54, 1.807) is 0 Å². The van der Waals surface area contributed by atoms with Crippen LogP contribution >= 0.6 is 0 Å². The molecule has 1 saturated carbocycles. The lowest BCUT2D eigenvalue weighted by atomic mass is 9.94. The summed E-state index contributed by atoms with van der Waals surface area (Å²) in [7, 11) is 2.31. The highest BCUT2D eigenvalue weighted by Gasteiger charge is 2.16. The van der Waals surface area contributed by atoms with Crippen LogP contribution in [0.1, 0.15) is 52.4 Å². The van der Waals surface area contributed by atoms with Gasteiger partial charge in [-0.15, -0.1) is 0 Å². The van der Waals surface area contributed by atoms with Gasteiger partial charge >= 0.3 is 0 Å². The lowest BCUT2D eigenvalue weighted by Crippen LogP contribution is -2.36. The summed E-state index contributed by atoms with van der Waals surface area (Å²) < 4.78 is 0. The molecule has 0 aromatic rings. The molecule has 0 radical (unpaired) electrons. The number of hydrogen-bond acceptors (Lipinski definition) is 3. The van der Waals surface area contributed by atoms with Crippen LogP contribution < -0.4 is 5.32 Å². The summed E-state index contributed by atoms with van der Waals surface area (Å²) in [6.07, 6.45) is 8.47. The van der Waals surface area contributed by atoms with Crippen molar-refractivity contribution in [2.45, 2.75) is 58.4 Å². The summed E-state index contributed by atoms with van der Waals surface area (Å²) in [5.41, 5.74) is 0. The molecule has 114 valence electrons. The molecular formula is C16H35N3. The SMILES string of the molecule is CCN(CC)CCNCCCN(C)C1CCCCC1. The Morgan fingerprint density at radius 1 is 0.947 bits per heavy atom. The van der Waals surface area contributed by atoms with Gasteiger partial charge in [0.15, 0.2) is 0 Å². The van der Waals surface area contributed by atoms with Crippen molar-refractivity contribution in [1.29, 1.82) is 0 Å². The molecule has 0 unspecified atom stereocenters. The number of nitrogens with one attached hydrogen (secondary N) is 1. The van der Waals surface area contributed by atoms with Crippen molar-refractivity contribution < 1.29 is 0 Å². The Morgan fingerprint density at radius 3 is 2.26 bits per heavy atom. The van der Waals surface area contributed by atoms with Gasteiger partial charge in [-0.3, -0.25) is 0 Å². The Bertz CT molecular complexity index is 198. The van der Waals surface area contributed by atoms with E-state index in [-0.39, 0.29) is 0 Å². The second kappa shape index (κ2) is 10.6. The fourth-order valence-electron chi connectivity index (χ4n) is 3.06. The number of likely N-dealkylation sites (N-methyl/N-ethyl adjacent to an activating group) is 1. The number of rotatable bonds is 10. The highest BCUT2D eigenvalue weighted by Crippen LogP contribution is 2.21. The van der Waals surface area contributed by atoms with Gasteiger partial charge < -0.3 is 15.1 Å². The lowest BCUT2D eigenvalue weighted by molar-refractivity contribution is 0.189. The quantitative estimate of drug-likeness (QED) is 0.615. The molecule has 1 aliphatic rings. The smallest absolute Gasteiger partial charge is 0.0107 e. The molecule has 0 spiro atoms. The Morgan fingerprint density at radius 2 is 1.63 bits per heavy atom. The van der Waals surface area contributed by atoms with Crippen LogP contribution in [0.15, 0.2) is 0 Å². The average Bonchev–Trinajstić information content (AvgIpc) is 2.47. The van der Waals surface area contributed by atoms with Crippen molar-refractivity contribution in [2.24, 2.45) is 0 Å². The maximum absolute atomic E-state index is 3.57. The minimum absolute atomic E-state index is 0.865. The first-order chi connectivity index (χ1) is 9.27. The van der Waals surface area contributed by atoms with Gasteiger partial charge in [0.1, 0.15) is 0 Å². The molecule has 19 heavy (non-hydrogen) atoms. The summed E-state index contributed by atoms with van der Waals surface area (Å²) >= 11 is 0. The van der Waals surface area contributed by atoms with Crippen molar-refractivity contribution in [2.75, 3.05) is 46.3 Å². The summed E-state index contributed by atoms with van der Waals surface area (Å²) in [4.78, 5) is 5.06. The summed E-state index contributed by atoms with van der Waals surface area (Å²) in [5, 5.41) is 3.57. The van der Waals surface area contributed by atoms with E-state index in [0.29, 0.717) is 0 Å². The van der Waals surface area contributed by atoms with Gasteiger partial charge in [-0.2, -0.15) is 0 Å². The van der Waals surface area contributed by atoms with Crippen LogP contribution in [-0.4, -0.2) is 62.2 Å². The maximum Gasteiger partial charge on any atom is 0.0107 e. The first-order valence-electron chi connectivity index (χ1n) is 8.41. The maximum atomic E-state index is 3.57. The second-order valence-electron chi connectivity index (χ2n) is 5.90. The van der Waals surface area contributed by atoms with Crippen LogP contribution in [0.2, 0.25) is 0 Å². The van der Waals surface area contributed by atoms with Gasteiger partial charge in [-0.25, -0.2) is 0 Å². The first-order valence-corrected chi connectivity index (χ1v) is 8.41. The van der Waals surface area contributed by atoms with Crippen LogP contribution in [0.25, 0.3) is 0 Å². The van der Waals surface area contributed by atoms with Crippen LogP contribution in [0, 0.1) is 0 Å². The Hall–Kier alpha value is -0.120. The van der Waals surface area contributed by atoms with Crippen LogP contribution in [-0.2, 0) is 0 Å². The fourth-order valence-corrected chi connectivity index (χ4v) is 3.06. The monoisotopic (exact) mass is 269 g/mol. The van der Waals surface area contributed by atoms with E-state index in [4.69, 9.17) is 0 Å². The molecule has 1 aliphatic carbocycles. The predicted octanol–water partition coefficient (Wildman–Crippen LogP) is 2.57. The summed E-state index contributed by atoms with van der Waals surface area (Å²) in [6.45, 7) is 11.6. The molecule has 1 N–H and O–H groups in total. The van der Waals surface area contributed by atoms with Gasteiger partial charge in [0.25, 0.3) is 0 Å². The van der Waals surface area contributed by atoms with Crippen LogP contribution in [0.3, 0.4) is 0 Å². The molecule has 0 aromatic heterocycles. The molecule has 1 rings (SSSR count). The molecule has 0 atom stereocenters. The molecule has 0 aliphatic heterocycles. The zero-order valence-electron chi connectivity index (χ0n) is 13.5. The van der Waals surface area contributed by atoms with E-state index >= 15 is 0 Å². The van der Waals surface area contributed by atoms with Crippen molar-refractivity contribution >= 4 is 0 Å². The largest absolute Gasteiger partial charge is 0.315 e. The third kappa shape index (κ3) is 7.28. The molecule has 0 bridgehead atoms. The molecule has 0 heterocycles. The van der Waals surface area contributed by atoms with Crippen LogP contribution in [0.5, 0.6) is 0 Å².